The molecule has 3 heteroatoms. The van der Waals surface area contributed by atoms with Crippen LogP contribution in [0.1, 0.15) is 44.0 Å². The van der Waals surface area contributed by atoms with Crippen LogP contribution in [-0.2, 0) is 0 Å². The summed E-state index contributed by atoms with van der Waals surface area (Å²) in [4.78, 5) is 0. The van der Waals surface area contributed by atoms with E-state index in [-0.39, 0.29) is 0 Å². The Morgan fingerprint density at radius 3 is 2.92 bits per heavy atom. The maximum Gasteiger partial charge on any atom is 0.0553 e. The predicted octanol–water partition coefficient (Wildman–Crippen LogP) is 1.89. The summed E-state index contributed by atoms with van der Waals surface area (Å²) in [7, 11) is 1.99. The van der Waals surface area contributed by atoms with Crippen molar-refractivity contribution in [1.82, 2.24) is 15.1 Å². The van der Waals surface area contributed by atoms with E-state index in [9.17, 15) is 0 Å². The van der Waals surface area contributed by atoms with Crippen molar-refractivity contribution in [2.24, 2.45) is 0 Å². The molecule has 0 bridgehead atoms. The van der Waals surface area contributed by atoms with Crippen LogP contribution in [0.15, 0.2) is 12.3 Å². The average Bonchev–Trinajstić information content (AvgIpc) is 2.49. The minimum absolute atomic E-state index is 0.406. The number of nitrogens with one attached hydrogen (secondary N) is 1. The molecule has 1 unspecified atom stereocenters. The smallest absolute Gasteiger partial charge is 0.0553 e. The minimum Gasteiger partial charge on any atom is -0.312 e. The van der Waals surface area contributed by atoms with Crippen molar-refractivity contribution in [1.29, 1.82) is 0 Å². The lowest BCUT2D eigenvalue weighted by Crippen LogP contribution is -2.24. The molecule has 72 valence electrons. The van der Waals surface area contributed by atoms with Crippen LogP contribution in [0.5, 0.6) is 0 Å². The minimum atomic E-state index is 0.406. The topological polar surface area (TPSA) is 29.9 Å². The van der Waals surface area contributed by atoms with Gasteiger partial charge in [-0.1, -0.05) is 0 Å². The Kier molecular flexibility index (Phi) is 2.36. The zero-order chi connectivity index (χ0) is 9.26. The van der Waals surface area contributed by atoms with Gasteiger partial charge in [0.15, 0.2) is 0 Å². The van der Waals surface area contributed by atoms with Crippen molar-refractivity contribution >= 4 is 0 Å². The monoisotopic (exact) mass is 179 g/mol. The van der Waals surface area contributed by atoms with E-state index >= 15 is 0 Å². The summed E-state index contributed by atoms with van der Waals surface area (Å²) in [5, 5.41) is 7.63. The molecule has 0 aromatic carbocycles. The van der Waals surface area contributed by atoms with Gasteiger partial charge in [0.25, 0.3) is 0 Å². The van der Waals surface area contributed by atoms with E-state index in [4.69, 9.17) is 0 Å². The Balaban J connectivity index is 2.19. The third-order valence-corrected chi connectivity index (χ3v) is 3.00. The van der Waals surface area contributed by atoms with E-state index in [0.717, 1.165) is 0 Å². The first-order chi connectivity index (χ1) is 6.33. The maximum absolute atomic E-state index is 4.38. The van der Waals surface area contributed by atoms with Crippen molar-refractivity contribution in [3.63, 3.8) is 0 Å². The molecule has 0 radical (unpaired) electrons. The van der Waals surface area contributed by atoms with Gasteiger partial charge in [-0.05, 0) is 39.3 Å². The number of hydrogen-bond acceptors (Lipinski definition) is 2. The van der Waals surface area contributed by atoms with Crippen molar-refractivity contribution < 1.29 is 0 Å². The van der Waals surface area contributed by atoms with E-state index in [0.29, 0.717) is 12.1 Å². The quantitative estimate of drug-likeness (QED) is 0.768. The summed E-state index contributed by atoms with van der Waals surface area (Å²) in [5.41, 5.74) is 1.31. The molecule has 1 aromatic heterocycles. The first-order valence-corrected chi connectivity index (χ1v) is 5.03. The average molecular weight is 179 g/mol. The Hall–Kier alpha value is -0.830. The van der Waals surface area contributed by atoms with Gasteiger partial charge in [0.2, 0.25) is 0 Å². The van der Waals surface area contributed by atoms with Gasteiger partial charge in [-0.3, -0.25) is 4.68 Å². The van der Waals surface area contributed by atoms with Crippen molar-refractivity contribution in [3.8, 4) is 0 Å². The van der Waals surface area contributed by atoms with E-state index in [1.165, 1.54) is 25.0 Å². The maximum atomic E-state index is 4.38. The number of aromatic nitrogens is 2. The lowest BCUT2D eigenvalue weighted by atomic mass is 9.93. The first kappa shape index (κ1) is 8.75. The van der Waals surface area contributed by atoms with Crippen molar-refractivity contribution in [2.75, 3.05) is 7.05 Å². The van der Waals surface area contributed by atoms with Crippen LogP contribution in [-0.4, -0.2) is 16.8 Å². The van der Waals surface area contributed by atoms with Gasteiger partial charge in [0.1, 0.15) is 0 Å². The van der Waals surface area contributed by atoms with E-state index in [1.54, 1.807) is 0 Å². The number of nitrogens with zero attached hydrogens (tertiary/aromatic N) is 2. The van der Waals surface area contributed by atoms with Gasteiger partial charge in [-0.15, -0.1) is 0 Å². The van der Waals surface area contributed by atoms with Gasteiger partial charge >= 0.3 is 0 Å². The molecule has 0 aliphatic heterocycles. The molecule has 1 aliphatic rings. The van der Waals surface area contributed by atoms with Gasteiger partial charge in [0.05, 0.1) is 11.7 Å². The van der Waals surface area contributed by atoms with E-state index in [2.05, 4.69) is 28.1 Å². The van der Waals surface area contributed by atoms with Gasteiger partial charge in [-0.2, -0.15) is 5.10 Å². The SMILES string of the molecule is CNC(C)c1ccnn1C1CCC1. The van der Waals surface area contributed by atoms with Gasteiger partial charge < -0.3 is 5.32 Å². The second-order valence-electron chi connectivity index (χ2n) is 3.80. The molecule has 0 amide bonds. The van der Waals surface area contributed by atoms with E-state index < -0.39 is 0 Å². The normalized spacial score (nSPS) is 19.8. The summed E-state index contributed by atoms with van der Waals surface area (Å²) in [5.74, 6) is 0. The number of rotatable bonds is 3. The molecule has 1 saturated carbocycles. The Labute approximate surface area is 79.1 Å². The molecule has 13 heavy (non-hydrogen) atoms. The third-order valence-electron chi connectivity index (χ3n) is 3.00. The zero-order valence-electron chi connectivity index (χ0n) is 8.33. The van der Waals surface area contributed by atoms with Crippen LogP contribution in [0.4, 0.5) is 0 Å². The second-order valence-corrected chi connectivity index (χ2v) is 3.80. The Morgan fingerprint density at radius 2 is 2.38 bits per heavy atom. The fraction of sp³-hybridized carbons (Fsp3) is 0.700. The van der Waals surface area contributed by atoms with Gasteiger partial charge in [0, 0.05) is 12.2 Å². The lowest BCUT2D eigenvalue weighted by molar-refractivity contribution is 0.277. The van der Waals surface area contributed by atoms with Crippen LogP contribution in [0, 0.1) is 0 Å². The zero-order valence-corrected chi connectivity index (χ0v) is 8.33. The molecule has 1 heterocycles. The van der Waals surface area contributed by atoms with Crippen molar-refractivity contribution in [3.05, 3.63) is 18.0 Å². The highest BCUT2D eigenvalue weighted by Gasteiger charge is 2.23. The molecule has 1 fully saturated rings. The summed E-state index contributed by atoms with van der Waals surface area (Å²) in [6, 6.07) is 3.18. The largest absolute Gasteiger partial charge is 0.312 e. The molecule has 1 atom stereocenters. The molecule has 1 aliphatic carbocycles. The highest BCUT2D eigenvalue weighted by molar-refractivity contribution is 5.07. The summed E-state index contributed by atoms with van der Waals surface area (Å²) in [6.07, 6.45) is 5.86. The predicted molar refractivity (Wildman–Crippen MR) is 52.6 cm³/mol. The van der Waals surface area contributed by atoms with Crippen LogP contribution >= 0.6 is 0 Å². The van der Waals surface area contributed by atoms with Crippen molar-refractivity contribution in [2.45, 2.75) is 38.3 Å². The fourth-order valence-electron chi connectivity index (χ4n) is 1.75. The molecule has 2 rings (SSSR count). The summed E-state index contributed by atoms with van der Waals surface area (Å²) < 4.78 is 2.19. The van der Waals surface area contributed by atoms with Crippen LogP contribution in [0.2, 0.25) is 0 Å². The Bertz CT molecular complexity index is 256. The molecular weight excluding hydrogens is 162 g/mol. The molecule has 1 N–H and O–H groups in total. The standard InChI is InChI=1S/C10H17N3/c1-8(11-2)10-6-7-12-13(10)9-4-3-5-9/h6-9,11H,3-5H2,1-2H3. The highest BCUT2D eigenvalue weighted by atomic mass is 15.3. The van der Waals surface area contributed by atoms with Crippen LogP contribution < -0.4 is 5.32 Å². The number of hydrogen-bond donors (Lipinski definition) is 1. The third kappa shape index (κ3) is 1.48. The Morgan fingerprint density at radius 1 is 1.62 bits per heavy atom. The second kappa shape index (κ2) is 3.50. The molecular formula is C10H17N3. The van der Waals surface area contributed by atoms with Crippen LogP contribution in [0.25, 0.3) is 0 Å². The molecule has 3 nitrogen and oxygen atoms in total. The van der Waals surface area contributed by atoms with E-state index in [1.807, 2.05) is 13.2 Å². The highest BCUT2D eigenvalue weighted by Crippen LogP contribution is 2.32. The first-order valence-electron chi connectivity index (χ1n) is 5.03. The van der Waals surface area contributed by atoms with Gasteiger partial charge in [-0.25, -0.2) is 0 Å². The van der Waals surface area contributed by atoms with Crippen LogP contribution in [0.3, 0.4) is 0 Å². The molecule has 1 aromatic rings. The summed E-state index contributed by atoms with van der Waals surface area (Å²) >= 11 is 0. The summed E-state index contributed by atoms with van der Waals surface area (Å²) in [6.45, 7) is 2.17. The molecule has 0 saturated heterocycles. The molecule has 0 spiro atoms. The lowest BCUT2D eigenvalue weighted by Gasteiger charge is -2.28. The fourth-order valence-corrected chi connectivity index (χ4v) is 1.75.